The maximum atomic E-state index is 13.2. The third-order valence-corrected chi connectivity index (χ3v) is 5.12. The number of amides is 1. The van der Waals surface area contributed by atoms with Gasteiger partial charge in [-0.1, -0.05) is 0 Å². The number of rotatable bonds is 5. The highest BCUT2D eigenvalue weighted by atomic mass is 16.5. The minimum absolute atomic E-state index is 0.0497. The molecule has 2 aromatic heterocycles. The van der Waals surface area contributed by atoms with Crippen LogP contribution in [0.15, 0.2) is 24.4 Å². The molecule has 0 bridgehead atoms. The zero-order valence-electron chi connectivity index (χ0n) is 17.0. The summed E-state index contributed by atoms with van der Waals surface area (Å²) < 4.78 is 16.5. The predicted molar refractivity (Wildman–Crippen MR) is 105 cm³/mol. The molecule has 0 N–H and O–H groups in total. The highest BCUT2D eigenvalue weighted by Crippen LogP contribution is 2.28. The summed E-state index contributed by atoms with van der Waals surface area (Å²) >= 11 is 0. The first-order valence-corrected chi connectivity index (χ1v) is 9.40. The van der Waals surface area contributed by atoms with Gasteiger partial charge in [0.15, 0.2) is 0 Å². The Bertz CT molecular complexity index is 941. The predicted octanol–water partition coefficient (Wildman–Crippen LogP) is 2.75. The summed E-state index contributed by atoms with van der Waals surface area (Å²) in [5.41, 5.74) is 1.61. The maximum Gasteiger partial charge on any atom is 0.259 e. The van der Waals surface area contributed by atoms with E-state index in [-0.39, 0.29) is 23.9 Å². The van der Waals surface area contributed by atoms with Crippen molar-refractivity contribution in [2.45, 2.75) is 38.8 Å². The third-order valence-electron chi connectivity index (χ3n) is 5.12. The molecule has 1 aliphatic heterocycles. The van der Waals surface area contributed by atoms with Gasteiger partial charge in [-0.15, -0.1) is 0 Å². The molecule has 3 heterocycles. The Morgan fingerprint density at radius 3 is 2.69 bits per heavy atom. The minimum atomic E-state index is -0.215. The van der Waals surface area contributed by atoms with Gasteiger partial charge in [0.05, 0.1) is 32.4 Å². The number of methoxy groups -OCH3 is 2. The van der Waals surface area contributed by atoms with Gasteiger partial charge in [0, 0.05) is 23.9 Å². The van der Waals surface area contributed by atoms with Crippen molar-refractivity contribution in [3.05, 3.63) is 41.1 Å². The molecule has 0 aliphatic carbocycles. The molecular formula is C21H24N4O4. The second-order valence-corrected chi connectivity index (χ2v) is 6.93. The maximum absolute atomic E-state index is 13.2. The first-order valence-electron chi connectivity index (χ1n) is 9.40. The monoisotopic (exact) mass is 396 g/mol. The normalized spacial score (nSPS) is 18.7. The van der Waals surface area contributed by atoms with Crippen LogP contribution in [-0.2, 0) is 0 Å². The van der Waals surface area contributed by atoms with Crippen LogP contribution in [-0.4, -0.2) is 53.7 Å². The third kappa shape index (κ3) is 4.24. The first-order chi connectivity index (χ1) is 14.0. The Morgan fingerprint density at radius 1 is 1.21 bits per heavy atom. The topological polar surface area (TPSA) is 97.6 Å². The molecule has 2 aromatic rings. The standard InChI is InChI=1S/C21H24N4O4/c1-13-5-6-16(29-19-14(2)15(11-22)9-10-23-19)12-25(13)21(26)17-7-8-18(27-3)24-20(17)28-4/h7-10,13,16H,5-6,12H2,1-4H3. The summed E-state index contributed by atoms with van der Waals surface area (Å²) in [6.45, 7) is 4.23. The molecular weight excluding hydrogens is 372 g/mol. The van der Waals surface area contributed by atoms with Crippen LogP contribution in [0.3, 0.4) is 0 Å². The minimum Gasteiger partial charge on any atom is -0.481 e. The van der Waals surface area contributed by atoms with Gasteiger partial charge >= 0.3 is 0 Å². The number of carbonyl (C=O) groups excluding carboxylic acids is 1. The zero-order chi connectivity index (χ0) is 21.0. The van der Waals surface area contributed by atoms with Crippen molar-refractivity contribution < 1.29 is 19.0 Å². The van der Waals surface area contributed by atoms with Crippen LogP contribution in [0.1, 0.15) is 41.3 Å². The van der Waals surface area contributed by atoms with Crippen molar-refractivity contribution in [2.24, 2.45) is 0 Å². The van der Waals surface area contributed by atoms with E-state index in [1.165, 1.54) is 14.2 Å². The van der Waals surface area contributed by atoms with Crippen molar-refractivity contribution in [1.82, 2.24) is 14.9 Å². The summed E-state index contributed by atoms with van der Waals surface area (Å²) in [5.74, 6) is 0.863. The van der Waals surface area contributed by atoms with Crippen molar-refractivity contribution >= 4 is 5.91 Å². The highest BCUT2D eigenvalue weighted by molar-refractivity contribution is 5.96. The average molecular weight is 396 g/mol. The van der Waals surface area contributed by atoms with E-state index in [1.807, 2.05) is 13.8 Å². The number of carbonyl (C=O) groups is 1. The summed E-state index contributed by atoms with van der Waals surface area (Å²) in [6.07, 6.45) is 2.93. The fourth-order valence-corrected chi connectivity index (χ4v) is 3.38. The zero-order valence-corrected chi connectivity index (χ0v) is 17.0. The van der Waals surface area contributed by atoms with E-state index in [4.69, 9.17) is 14.2 Å². The molecule has 1 fully saturated rings. The van der Waals surface area contributed by atoms with Crippen LogP contribution in [0.2, 0.25) is 0 Å². The summed E-state index contributed by atoms with van der Waals surface area (Å²) in [4.78, 5) is 23.4. The molecule has 8 heteroatoms. The van der Waals surface area contributed by atoms with Gasteiger partial charge in [0.25, 0.3) is 5.91 Å². The molecule has 0 saturated carbocycles. The number of ether oxygens (including phenoxy) is 3. The van der Waals surface area contributed by atoms with Crippen LogP contribution >= 0.6 is 0 Å². The van der Waals surface area contributed by atoms with Crippen molar-refractivity contribution in [3.63, 3.8) is 0 Å². The lowest BCUT2D eigenvalue weighted by atomic mass is 10.00. The number of nitrogens with zero attached hydrogens (tertiary/aromatic N) is 4. The molecule has 2 unspecified atom stereocenters. The van der Waals surface area contributed by atoms with E-state index < -0.39 is 0 Å². The van der Waals surface area contributed by atoms with Crippen LogP contribution in [0.5, 0.6) is 17.6 Å². The van der Waals surface area contributed by atoms with E-state index in [0.29, 0.717) is 35.0 Å². The van der Waals surface area contributed by atoms with Crippen LogP contribution in [0.4, 0.5) is 0 Å². The Morgan fingerprint density at radius 2 is 2.00 bits per heavy atom. The molecule has 0 radical (unpaired) electrons. The van der Waals surface area contributed by atoms with Gasteiger partial charge in [0.1, 0.15) is 11.7 Å². The Balaban J connectivity index is 1.80. The molecule has 29 heavy (non-hydrogen) atoms. The first kappa shape index (κ1) is 20.4. The number of hydrogen-bond acceptors (Lipinski definition) is 7. The molecule has 2 atom stereocenters. The molecule has 1 aliphatic rings. The summed E-state index contributed by atoms with van der Waals surface area (Å²) in [7, 11) is 2.98. The fourth-order valence-electron chi connectivity index (χ4n) is 3.38. The molecule has 0 spiro atoms. The van der Waals surface area contributed by atoms with Crippen molar-refractivity contribution in [2.75, 3.05) is 20.8 Å². The lowest BCUT2D eigenvalue weighted by molar-refractivity contribution is 0.0368. The van der Waals surface area contributed by atoms with E-state index in [2.05, 4.69) is 16.0 Å². The number of aromatic nitrogens is 2. The van der Waals surface area contributed by atoms with Crippen LogP contribution in [0.25, 0.3) is 0 Å². The SMILES string of the molecule is COc1ccc(C(=O)N2CC(Oc3nccc(C#N)c3C)CCC2C)c(OC)n1. The quantitative estimate of drug-likeness (QED) is 0.766. The summed E-state index contributed by atoms with van der Waals surface area (Å²) in [5, 5.41) is 9.20. The summed E-state index contributed by atoms with van der Waals surface area (Å²) in [6, 6.07) is 7.14. The van der Waals surface area contributed by atoms with Crippen molar-refractivity contribution in [1.29, 1.82) is 5.26 Å². The van der Waals surface area contributed by atoms with E-state index in [0.717, 1.165) is 12.8 Å². The van der Waals surface area contributed by atoms with E-state index in [9.17, 15) is 10.1 Å². The molecule has 0 aromatic carbocycles. The van der Waals surface area contributed by atoms with Gasteiger partial charge in [-0.2, -0.15) is 10.2 Å². The largest absolute Gasteiger partial charge is 0.481 e. The van der Waals surface area contributed by atoms with Gasteiger partial charge in [0.2, 0.25) is 17.6 Å². The fraction of sp³-hybridized carbons (Fsp3) is 0.429. The van der Waals surface area contributed by atoms with Gasteiger partial charge in [-0.05, 0) is 38.8 Å². The number of piperidine rings is 1. The molecule has 1 amide bonds. The van der Waals surface area contributed by atoms with Crippen LogP contribution < -0.4 is 14.2 Å². The lowest BCUT2D eigenvalue weighted by Gasteiger charge is -2.38. The van der Waals surface area contributed by atoms with E-state index in [1.54, 1.807) is 29.3 Å². The Labute approximate surface area is 170 Å². The van der Waals surface area contributed by atoms with Crippen molar-refractivity contribution in [3.8, 4) is 23.7 Å². The molecule has 8 nitrogen and oxygen atoms in total. The van der Waals surface area contributed by atoms with Crippen LogP contribution in [0, 0.1) is 18.3 Å². The second kappa shape index (κ2) is 8.78. The number of hydrogen-bond donors (Lipinski definition) is 0. The van der Waals surface area contributed by atoms with Gasteiger partial charge in [-0.3, -0.25) is 4.79 Å². The second-order valence-electron chi connectivity index (χ2n) is 6.93. The highest BCUT2D eigenvalue weighted by Gasteiger charge is 2.33. The number of pyridine rings is 2. The Kier molecular flexibility index (Phi) is 6.17. The molecule has 3 rings (SSSR count). The smallest absolute Gasteiger partial charge is 0.259 e. The van der Waals surface area contributed by atoms with E-state index >= 15 is 0 Å². The molecule has 152 valence electrons. The molecule has 1 saturated heterocycles. The average Bonchev–Trinajstić information content (AvgIpc) is 2.75. The van der Waals surface area contributed by atoms with Gasteiger partial charge < -0.3 is 19.1 Å². The number of nitriles is 1. The van der Waals surface area contributed by atoms with Gasteiger partial charge in [-0.25, -0.2) is 4.98 Å². The lowest BCUT2D eigenvalue weighted by Crippen LogP contribution is -2.49. The number of likely N-dealkylation sites (tertiary alicyclic amines) is 1. The Hall–Kier alpha value is -3.34.